The zero-order valence-corrected chi connectivity index (χ0v) is 12.5. The van der Waals surface area contributed by atoms with Crippen molar-refractivity contribution in [3.63, 3.8) is 0 Å². The molecule has 0 unspecified atom stereocenters. The summed E-state index contributed by atoms with van der Waals surface area (Å²) in [4.78, 5) is 21.2. The minimum atomic E-state index is -0.781. The standard InChI is InChI=1S/C14H23N3O3/c1-10(2)17(7-5-6-14(18)19)12-8-15-9-13(16-12)20-11(3)4/h8-11H,5-7H2,1-4H3,(H,18,19). The molecule has 0 aliphatic carbocycles. The molecule has 1 aromatic heterocycles. The Morgan fingerprint density at radius 3 is 2.60 bits per heavy atom. The predicted octanol–water partition coefficient (Wildman–Crippen LogP) is 2.34. The monoisotopic (exact) mass is 281 g/mol. The summed E-state index contributed by atoms with van der Waals surface area (Å²) in [6.45, 7) is 8.57. The molecule has 0 amide bonds. The van der Waals surface area contributed by atoms with Crippen molar-refractivity contribution in [1.82, 2.24) is 9.97 Å². The molecule has 1 rings (SSSR count). The van der Waals surface area contributed by atoms with Crippen molar-refractivity contribution in [1.29, 1.82) is 0 Å². The highest BCUT2D eigenvalue weighted by atomic mass is 16.5. The molecule has 112 valence electrons. The SMILES string of the molecule is CC(C)Oc1cncc(N(CCCC(=O)O)C(C)C)n1. The summed E-state index contributed by atoms with van der Waals surface area (Å²) in [6.07, 6.45) is 4.02. The molecule has 0 spiro atoms. The van der Waals surface area contributed by atoms with E-state index in [0.29, 0.717) is 24.7 Å². The van der Waals surface area contributed by atoms with E-state index >= 15 is 0 Å². The minimum Gasteiger partial charge on any atom is -0.481 e. The number of ether oxygens (including phenoxy) is 1. The van der Waals surface area contributed by atoms with Crippen LogP contribution in [0.5, 0.6) is 5.88 Å². The largest absolute Gasteiger partial charge is 0.481 e. The van der Waals surface area contributed by atoms with E-state index in [1.54, 1.807) is 12.4 Å². The van der Waals surface area contributed by atoms with Crippen LogP contribution in [0.4, 0.5) is 5.82 Å². The van der Waals surface area contributed by atoms with Crippen molar-refractivity contribution in [3.8, 4) is 5.88 Å². The summed E-state index contributed by atoms with van der Waals surface area (Å²) in [5.41, 5.74) is 0. The van der Waals surface area contributed by atoms with Crippen LogP contribution >= 0.6 is 0 Å². The highest BCUT2D eigenvalue weighted by molar-refractivity contribution is 5.66. The Morgan fingerprint density at radius 2 is 2.05 bits per heavy atom. The van der Waals surface area contributed by atoms with Crippen LogP contribution in [0.25, 0.3) is 0 Å². The third-order valence-corrected chi connectivity index (χ3v) is 2.66. The molecule has 20 heavy (non-hydrogen) atoms. The van der Waals surface area contributed by atoms with Crippen molar-refractivity contribution < 1.29 is 14.6 Å². The molecule has 0 atom stereocenters. The lowest BCUT2D eigenvalue weighted by atomic mass is 10.2. The van der Waals surface area contributed by atoms with Crippen molar-refractivity contribution in [2.24, 2.45) is 0 Å². The van der Waals surface area contributed by atoms with E-state index in [4.69, 9.17) is 9.84 Å². The lowest BCUT2D eigenvalue weighted by molar-refractivity contribution is -0.137. The van der Waals surface area contributed by atoms with Gasteiger partial charge in [-0.05, 0) is 34.1 Å². The Balaban J connectivity index is 2.77. The van der Waals surface area contributed by atoms with Gasteiger partial charge in [0, 0.05) is 19.0 Å². The second-order valence-electron chi connectivity index (χ2n) is 5.17. The predicted molar refractivity (Wildman–Crippen MR) is 77.1 cm³/mol. The summed E-state index contributed by atoms with van der Waals surface area (Å²) in [5.74, 6) is 0.418. The van der Waals surface area contributed by atoms with Gasteiger partial charge in [0.25, 0.3) is 0 Å². The first-order chi connectivity index (χ1) is 9.40. The smallest absolute Gasteiger partial charge is 0.303 e. The number of carbonyl (C=O) groups is 1. The maximum atomic E-state index is 10.6. The normalized spacial score (nSPS) is 10.9. The number of rotatable bonds is 8. The molecule has 0 aliphatic heterocycles. The van der Waals surface area contributed by atoms with Crippen LogP contribution in [0, 0.1) is 0 Å². The Morgan fingerprint density at radius 1 is 1.35 bits per heavy atom. The Kier molecular flexibility index (Phi) is 6.21. The Hall–Kier alpha value is -1.85. The van der Waals surface area contributed by atoms with Crippen molar-refractivity contribution in [3.05, 3.63) is 12.4 Å². The number of nitrogens with zero attached hydrogens (tertiary/aromatic N) is 3. The fourth-order valence-corrected chi connectivity index (χ4v) is 1.81. The van der Waals surface area contributed by atoms with Gasteiger partial charge < -0.3 is 14.7 Å². The van der Waals surface area contributed by atoms with Crippen molar-refractivity contribution in [2.75, 3.05) is 11.4 Å². The molecule has 0 radical (unpaired) electrons. The molecule has 0 bridgehead atoms. The quantitative estimate of drug-likeness (QED) is 0.788. The van der Waals surface area contributed by atoms with E-state index < -0.39 is 5.97 Å². The molecular formula is C14H23N3O3. The van der Waals surface area contributed by atoms with E-state index in [-0.39, 0.29) is 18.6 Å². The molecule has 0 saturated carbocycles. The molecule has 1 N–H and O–H groups in total. The van der Waals surface area contributed by atoms with Gasteiger partial charge in [0.1, 0.15) is 0 Å². The molecule has 0 aliphatic rings. The molecule has 0 fully saturated rings. The first-order valence-electron chi connectivity index (χ1n) is 6.87. The number of carboxylic acid groups (broad SMARTS) is 1. The third-order valence-electron chi connectivity index (χ3n) is 2.66. The lowest BCUT2D eigenvalue weighted by Gasteiger charge is -2.27. The molecule has 6 heteroatoms. The molecule has 6 nitrogen and oxygen atoms in total. The van der Waals surface area contributed by atoms with Crippen LogP contribution in [-0.2, 0) is 4.79 Å². The van der Waals surface area contributed by atoms with Gasteiger partial charge >= 0.3 is 5.97 Å². The molecule has 1 heterocycles. The summed E-state index contributed by atoms with van der Waals surface area (Å²) in [5, 5.41) is 8.71. The topological polar surface area (TPSA) is 75.5 Å². The second kappa shape index (κ2) is 7.67. The molecule has 1 aromatic rings. The van der Waals surface area contributed by atoms with Gasteiger partial charge in [-0.15, -0.1) is 0 Å². The summed E-state index contributed by atoms with van der Waals surface area (Å²) in [7, 11) is 0. The highest BCUT2D eigenvalue weighted by Crippen LogP contribution is 2.18. The van der Waals surface area contributed by atoms with Gasteiger partial charge in [-0.2, -0.15) is 4.98 Å². The molecular weight excluding hydrogens is 258 g/mol. The fourth-order valence-electron chi connectivity index (χ4n) is 1.81. The summed E-state index contributed by atoms with van der Waals surface area (Å²) >= 11 is 0. The number of anilines is 1. The van der Waals surface area contributed by atoms with Crippen LogP contribution in [-0.4, -0.2) is 39.7 Å². The van der Waals surface area contributed by atoms with Gasteiger partial charge in [-0.3, -0.25) is 9.78 Å². The van der Waals surface area contributed by atoms with Crippen molar-refractivity contribution in [2.45, 2.75) is 52.7 Å². The Bertz CT molecular complexity index is 435. The van der Waals surface area contributed by atoms with Gasteiger partial charge in [0.15, 0.2) is 5.82 Å². The number of aromatic nitrogens is 2. The summed E-state index contributed by atoms with van der Waals surface area (Å²) in [6, 6.07) is 0.215. The van der Waals surface area contributed by atoms with E-state index in [0.717, 1.165) is 0 Å². The van der Waals surface area contributed by atoms with Gasteiger partial charge in [0.05, 0.1) is 18.5 Å². The van der Waals surface area contributed by atoms with Crippen LogP contribution < -0.4 is 9.64 Å². The zero-order chi connectivity index (χ0) is 15.1. The third kappa shape index (κ3) is 5.42. The van der Waals surface area contributed by atoms with Crippen LogP contribution in [0.3, 0.4) is 0 Å². The van der Waals surface area contributed by atoms with Gasteiger partial charge in [-0.25, -0.2) is 0 Å². The number of hydrogen-bond donors (Lipinski definition) is 1. The van der Waals surface area contributed by atoms with E-state index in [1.807, 2.05) is 32.6 Å². The van der Waals surface area contributed by atoms with E-state index in [1.165, 1.54) is 0 Å². The van der Waals surface area contributed by atoms with Crippen LogP contribution in [0.1, 0.15) is 40.5 Å². The number of aliphatic carboxylic acids is 1. The number of hydrogen-bond acceptors (Lipinski definition) is 5. The minimum absolute atomic E-state index is 0.0408. The second-order valence-corrected chi connectivity index (χ2v) is 5.17. The van der Waals surface area contributed by atoms with Gasteiger partial charge in [0.2, 0.25) is 5.88 Å². The first-order valence-corrected chi connectivity index (χ1v) is 6.87. The first kappa shape index (κ1) is 16.2. The van der Waals surface area contributed by atoms with E-state index in [2.05, 4.69) is 9.97 Å². The van der Waals surface area contributed by atoms with Crippen LogP contribution in [0.15, 0.2) is 12.4 Å². The number of carboxylic acids is 1. The lowest BCUT2D eigenvalue weighted by Crippen LogP contribution is -2.33. The Labute approximate surface area is 119 Å². The molecule has 0 saturated heterocycles. The summed E-state index contributed by atoms with van der Waals surface area (Å²) < 4.78 is 5.53. The zero-order valence-electron chi connectivity index (χ0n) is 12.5. The maximum Gasteiger partial charge on any atom is 0.303 e. The van der Waals surface area contributed by atoms with E-state index in [9.17, 15) is 4.79 Å². The maximum absolute atomic E-state index is 10.6. The highest BCUT2D eigenvalue weighted by Gasteiger charge is 2.14. The fraction of sp³-hybridized carbons (Fsp3) is 0.643. The van der Waals surface area contributed by atoms with Crippen molar-refractivity contribution >= 4 is 11.8 Å². The van der Waals surface area contributed by atoms with Gasteiger partial charge in [-0.1, -0.05) is 0 Å². The average Bonchev–Trinajstić information content (AvgIpc) is 2.33. The molecule has 0 aromatic carbocycles. The van der Waals surface area contributed by atoms with Crippen LogP contribution in [0.2, 0.25) is 0 Å². The average molecular weight is 281 g/mol.